The topological polar surface area (TPSA) is 42.2 Å². The zero-order valence-corrected chi connectivity index (χ0v) is 10.9. The number of carboxylic acid groups (broad SMARTS) is 1. The van der Waals surface area contributed by atoms with Crippen molar-refractivity contribution in [1.82, 2.24) is 4.57 Å². The molecule has 0 saturated carbocycles. The highest BCUT2D eigenvalue weighted by molar-refractivity contribution is 6.45. The highest BCUT2D eigenvalue weighted by Gasteiger charge is 2.21. The molecule has 5 heteroatoms. The molecule has 0 aliphatic carbocycles. The van der Waals surface area contributed by atoms with Crippen LogP contribution in [-0.2, 0) is 6.54 Å². The average molecular weight is 272 g/mol. The molecule has 0 unspecified atom stereocenters. The van der Waals surface area contributed by atoms with E-state index in [1.165, 1.54) is 0 Å². The van der Waals surface area contributed by atoms with Gasteiger partial charge in [-0.15, -0.1) is 0 Å². The molecule has 0 atom stereocenters. The molecule has 0 fully saturated rings. The maximum atomic E-state index is 11.3. The van der Waals surface area contributed by atoms with E-state index in [2.05, 4.69) is 0 Å². The van der Waals surface area contributed by atoms with Crippen molar-refractivity contribution in [2.45, 2.75) is 20.4 Å². The fourth-order valence-corrected chi connectivity index (χ4v) is 2.63. The Balaban J connectivity index is 2.99. The molecule has 90 valence electrons. The predicted octanol–water partition coefficient (Wildman–Crippen LogP) is 3.97. The van der Waals surface area contributed by atoms with E-state index in [0.717, 1.165) is 10.9 Å². The van der Waals surface area contributed by atoms with Gasteiger partial charge in [-0.3, -0.25) is 0 Å². The number of aryl methyl sites for hydroxylation is 2. The van der Waals surface area contributed by atoms with Crippen LogP contribution < -0.4 is 0 Å². The number of hydrogen-bond acceptors (Lipinski definition) is 1. The first-order chi connectivity index (χ1) is 7.99. The van der Waals surface area contributed by atoms with Crippen LogP contribution in [0.15, 0.2) is 12.1 Å². The number of benzene rings is 1. The lowest BCUT2D eigenvalue weighted by atomic mass is 10.1. The fourth-order valence-electron chi connectivity index (χ4n) is 2.17. The molecule has 0 saturated heterocycles. The van der Waals surface area contributed by atoms with Crippen LogP contribution in [0.5, 0.6) is 0 Å². The van der Waals surface area contributed by atoms with Crippen molar-refractivity contribution in [2.75, 3.05) is 0 Å². The van der Waals surface area contributed by atoms with Crippen LogP contribution >= 0.6 is 23.2 Å². The summed E-state index contributed by atoms with van der Waals surface area (Å²) in [6, 6.07) is 3.48. The monoisotopic (exact) mass is 271 g/mol. The third-order valence-corrected chi connectivity index (χ3v) is 3.69. The van der Waals surface area contributed by atoms with Crippen molar-refractivity contribution in [3.8, 4) is 0 Å². The largest absolute Gasteiger partial charge is 0.477 e. The maximum Gasteiger partial charge on any atom is 0.352 e. The minimum absolute atomic E-state index is 0.270. The summed E-state index contributed by atoms with van der Waals surface area (Å²) in [6.07, 6.45) is 0. The van der Waals surface area contributed by atoms with Crippen molar-refractivity contribution in [1.29, 1.82) is 0 Å². The van der Waals surface area contributed by atoms with E-state index in [4.69, 9.17) is 23.2 Å². The van der Waals surface area contributed by atoms with E-state index < -0.39 is 5.97 Å². The lowest BCUT2D eigenvalue weighted by Crippen LogP contribution is -2.08. The lowest BCUT2D eigenvalue weighted by molar-refractivity contribution is 0.0685. The molecule has 2 rings (SSSR count). The number of rotatable bonds is 2. The molecule has 0 spiro atoms. The molecule has 0 amide bonds. The van der Waals surface area contributed by atoms with Gasteiger partial charge in [0, 0.05) is 11.9 Å². The molecule has 1 heterocycles. The van der Waals surface area contributed by atoms with E-state index >= 15 is 0 Å². The first kappa shape index (κ1) is 12.3. The van der Waals surface area contributed by atoms with Crippen molar-refractivity contribution in [3.05, 3.63) is 33.4 Å². The predicted molar refractivity (Wildman–Crippen MR) is 69.3 cm³/mol. The Morgan fingerprint density at radius 3 is 2.59 bits per heavy atom. The van der Waals surface area contributed by atoms with Crippen LogP contribution in [0.25, 0.3) is 10.9 Å². The summed E-state index contributed by atoms with van der Waals surface area (Å²) in [6.45, 7) is 4.22. The third kappa shape index (κ3) is 1.70. The summed E-state index contributed by atoms with van der Waals surface area (Å²) in [5.74, 6) is -0.951. The van der Waals surface area contributed by atoms with E-state index in [1.54, 1.807) is 23.6 Å². The number of carboxylic acids is 1. The number of nitrogens with zero attached hydrogens (tertiary/aromatic N) is 1. The normalized spacial score (nSPS) is 11.1. The van der Waals surface area contributed by atoms with Gasteiger partial charge in [-0.05, 0) is 31.5 Å². The second-order valence-electron chi connectivity index (χ2n) is 3.78. The van der Waals surface area contributed by atoms with Crippen LogP contribution in [-0.4, -0.2) is 15.6 Å². The molecule has 1 aromatic heterocycles. The Kier molecular flexibility index (Phi) is 3.06. The first-order valence-corrected chi connectivity index (χ1v) is 5.94. The number of aromatic carboxylic acids is 1. The molecular weight excluding hydrogens is 261 g/mol. The Labute approximate surface area is 109 Å². The van der Waals surface area contributed by atoms with Crippen molar-refractivity contribution >= 4 is 40.1 Å². The molecule has 1 N–H and O–H groups in total. The second-order valence-corrected chi connectivity index (χ2v) is 4.56. The van der Waals surface area contributed by atoms with Crippen molar-refractivity contribution in [3.63, 3.8) is 0 Å². The summed E-state index contributed by atoms with van der Waals surface area (Å²) < 4.78 is 1.73. The quantitative estimate of drug-likeness (QED) is 0.898. The van der Waals surface area contributed by atoms with Gasteiger partial charge in [0.1, 0.15) is 5.69 Å². The maximum absolute atomic E-state index is 11.3. The molecule has 0 aliphatic heterocycles. The zero-order chi connectivity index (χ0) is 12.7. The SMILES string of the molecule is CCn1c(C(=O)O)c(C)c2c(Cl)c(Cl)ccc21. The number of halogens is 2. The third-order valence-electron chi connectivity index (χ3n) is 2.88. The van der Waals surface area contributed by atoms with Crippen LogP contribution in [0.3, 0.4) is 0 Å². The van der Waals surface area contributed by atoms with Crippen LogP contribution in [0.2, 0.25) is 10.0 Å². The molecule has 0 bridgehead atoms. The number of carbonyl (C=O) groups is 1. The Morgan fingerprint density at radius 1 is 1.41 bits per heavy atom. The van der Waals surface area contributed by atoms with Gasteiger partial charge >= 0.3 is 5.97 Å². The summed E-state index contributed by atoms with van der Waals surface area (Å²) >= 11 is 12.1. The smallest absolute Gasteiger partial charge is 0.352 e. The van der Waals surface area contributed by atoms with Crippen molar-refractivity contribution in [2.24, 2.45) is 0 Å². The summed E-state index contributed by atoms with van der Waals surface area (Å²) in [4.78, 5) is 11.3. The second kappa shape index (κ2) is 4.24. The molecule has 0 radical (unpaired) electrons. The summed E-state index contributed by atoms with van der Waals surface area (Å²) in [5, 5.41) is 10.8. The minimum Gasteiger partial charge on any atom is -0.477 e. The van der Waals surface area contributed by atoms with Gasteiger partial charge in [-0.25, -0.2) is 4.79 Å². The van der Waals surface area contributed by atoms with Gasteiger partial charge in [-0.2, -0.15) is 0 Å². The van der Waals surface area contributed by atoms with E-state index in [9.17, 15) is 9.90 Å². The number of aromatic nitrogens is 1. The Hall–Kier alpha value is -1.19. The summed E-state index contributed by atoms with van der Waals surface area (Å²) in [7, 11) is 0. The highest BCUT2D eigenvalue weighted by atomic mass is 35.5. The fraction of sp³-hybridized carbons (Fsp3) is 0.250. The Morgan fingerprint density at radius 2 is 2.06 bits per heavy atom. The lowest BCUT2D eigenvalue weighted by Gasteiger charge is -2.04. The van der Waals surface area contributed by atoms with Gasteiger partial charge in [0.2, 0.25) is 0 Å². The van der Waals surface area contributed by atoms with Gasteiger partial charge in [-0.1, -0.05) is 23.2 Å². The van der Waals surface area contributed by atoms with Crippen molar-refractivity contribution < 1.29 is 9.90 Å². The minimum atomic E-state index is -0.951. The van der Waals surface area contributed by atoms with Gasteiger partial charge < -0.3 is 9.67 Å². The summed E-state index contributed by atoms with van der Waals surface area (Å²) in [5.41, 5.74) is 1.73. The molecule has 3 nitrogen and oxygen atoms in total. The number of hydrogen-bond donors (Lipinski definition) is 1. The molecular formula is C12H11Cl2NO2. The van der Waals surface area contributed by atoms with Crippen LogP contribution in [0.1, 0.15) is 23.0 Å². The van der Waals surface area contributed by atoms with E-state index in [0.29, 0.717) is 22.2 Å². The van der Waals surface area contributed by atoms with Gasteiger partial charge in [0.15, 0.2) is 0 Å². The first-order valence-electron chi connectivity index (χ1n) is 5.19. The molecule has 0 aliphatic rings. The highest BCUT2D eigenvalue weighted by Crippen LogP contribution is 2.36. The molecule has 17 heavy (non-hydrogen) atoms. The zero-order valence-electron chi connectivity index (χ0n) is 9.42. The molecule has 1 aromatic carbocycles. The standard InChI is InChI=1S/C12H11Cl2NO2/c1-3-15-8-5-4-7(13)10(14)9(8)6(2)11(15)12(16)17/h4-5H,3H2,1-2H3,(H,16,17). The van der Waals surface area contributed by atoms with Crippen LogP contribution in [0, 0.1) is 6.92 Å². The van der Waals surface area contributed by atoms with Crippen LogP contribution in [0.4, 0.5) is 0 Å². The Bertz CT molecular complexity index is 617. The molecule has 2 aromatic rings. The average Bonchev–Trinajstić information content (AvgIpc) is 2.57. The van der Waals surface area contributed by atoms with E-state index in [1.807, 2.05) is 6.92 Å². The number of fused-ring (bicyclic) bond motifs is 1. The van der Waals surface area contributed by atoms with Gasteiger partial charge in [0.25, 0.3) is 0 Å². The van der Waals surface area contributed by atoms with E-state index in [-0.39, 0.29) is 5.69 Å². The van der Waals surface area contributed by atoms with Gasteiger partial charge in [0.05, 0.1) is 15.6 Å².